The van der Waals surface area contributed by atoms with Gasteiger partial charge in [0.2, 0.25) is 0 Å². The summed E-state index contributed by atoms with van der Waals surface area (Å²) in [5.74, 6) is -0.0129. The Kier molecular flexibility index (Phi) is 3.44. The molecule has 2 aromatic rings. The Hall–Kier alpha value is -1.88. The number of hydrogen-bond donors (Lipinski definition) is 1. The van der Waals surface area contributed by atoms with Gasteiger partial charge in [-0.05, 0) is 25.3 Å². The minimum Gasteiger partial charge on any atom is -0.375 e. The molecule has 0 unspecified atom stereocenters. The average Bonchev–Trinajstić information content (AvgIpc) is 3.19. The molecule has 1 fully saturated rings. The number of anilines is 1. The highest BCUT2D eigenvalue weighted by molar-refractivity contribution is 7.13. The first-order valence-corrected chi connectivity index (χ1v) is 7.59. The normalized spacial score (nSPS) is 14.2. The van der Waals surface area contributed by atoms with E-state index in [0.29, 0.717) is 23.4 Å². The zero-order chi connectivity index (χ0) is 14.1. The minimum atomic E-state index is -0.0129. The van der Waals surface area contributed by atoms with Gasteiger partial charge in [0.15, 0.2) is 5.13 Å². The Bertz CT molecular complexity index is 616. The summed E-state index contributed by atoms with van der Waals surface area (Å²) in [7, 11) is 0. The van der Waals surface area contributed by atoms with E-state index in [9.17, 15) is 4.79 Å². The molecule has 0 radical (unpaired) electrons. The van der Waals surface area contributed by atoms with E-state index in [1.807, 2.05) is 4.90 Å². The molecular formula is C15H17N3OS. The lowest BCUT2D eigenvalue weighted by atomic mass is 10.1. The molecule has 1 heterocycles. The highest BCUT2D eigenvalue weighted by Crippen LogP contribution is 2.30. The number of hydrogen-bond acceptors (Lipinski definition) is 4. The van der Waals surface area contributed by atoms with Gasteiger partial charge in [-0.25, -0.2) is 4.98 Å². The van der Waals surface area contributed by atoms with Gasteiger partial charge < -0.3 is 10.6 Å². The number of carbonyl (C=O) groups is 1. The van der Waals surface area contributed by atoms with Crippen molar-refractivity contribution in [3.05, 3.63) is 46.5 Å². The van der Waals surface area contributed by atoms with E-state index < -0.39 is 0 Å². The van der Waals surface area contributed by atoms with E-state index in [1.165, 1.54) is 16.9 Å². The standard InChI is InChI=1S/C15H17N3OS/c1-10-2-4-11(5-3-10)8-18(12-6-7-12)14(19)13-9-20-15(16)17-13/h2-5,9,12H,6-8H2,1H3,(H2,16,17). The largest absolute Gasteiger partial charge is 0.375 e. The summed E-state index contributed by atoms with van der Waals surface area (Å²) >= 11 is 1.31. The number of carbonyl (C=O) groups excluding carboxylic acids is 1. The van der Waals surface area contributed by atoms with Crippen molar-refractivity contribution in [3.63, 3.8) is 0 Å². The van der Waals surface area contributed by atoms with Crippen LogP contribution < -0.4 is 5.73 Å². The molecule has 20 heavy (non-hydrogen) atoms. The molecule has 2 N–H and O–H groups in total. The third-order valence-corrected chi connectivity index (χ3v) is 4.14. The maximum Gasteiger partial charge on any atom is 0.273 e. The van der Waals surface area contributed by atoms with Crippen molar-refractivity contribution in [2.24, 2.45) is 0 Å². The fourth-order valence-electron chi connectivity index (χ4n) is 2.18. The number of nitrogens with two attached hydrogens (primary N) is 1. The molecule has 1 aliphatic carbocycles. The molecule has 1 saturated carbocycles. The van der Waals surface area contributed by atoms with Crippen molar-refractivity contribution in [2.75, 3.05) is 5.73 Å². The molecule has 0 atom stereocenters. The SMILES string of the molecule is Cc1ccc(CN(C(=O)c2csc(N)n2)C2CC2)cc1. The second kappa shape index (κ2) is 5.25. The van der Waals surface area contributed by atoms with Crippen LogP contribution in [-0.4, -0.2) is 21.8 Å². The Morgan fingerprint density at radius 2 is 2.10 bits per heavy atom. The van der Waals surface area contributed by atoms with Gasteiger partial charge in [0, 0.05) is 18.0 Å². The van der Waals surface area contributed by atoms with Crippen LogP contribution in [0.15, 0.2) is 29.6 Å². The Labute approximate surface area is 122 Å². The summed E-state index contributed by atoms with van der Waals surface area (Å²) < 4.78 is 0. The zero-order valence-electron chi connectivity index (χ0n) is 11.4. The number of amides is 1. The molecule has 1 aromatic carbocycles. The number of rotatable bonds is 4. The molecule has 0 spiro atoms. The van der Waals surface area contributed by atoms with Crippen LogP contribution in [0.5, 0.6) is 0 Å². The Morgan fingerprint density at radius 3 is 2.65 bits per heavy atom. The van der Waals surface area contributed by atoms with Gasteiger partial charge in [0.1, 0.15) is 5.69 Å². The number of nitrogens with zero attached hydrogens (tertiary/aromatic N) is 2. The maximum absolute atomic E-state index is 12.5. The predicted molar refractivity (Wildman–Crippen MR) is 80.6 cm³/mol. The molecule has 0 bridgehead atoms. The molecule has 1 amide bonds. The molecule has 0 aliphatic heterocycles. The fourth-order valence-corrected chi connectivity index (χ4v) is 2.71. The maximum atomic E-state index is 12.5. The lowest BCUT2D eigenvalue weighted by molar-refractivity contribution is 0.0725. The van der Waals surface area contributed by atoms with Crippen LogP contribution in [0.3, 0.4) is 0 Å². The van der Waals surface area contributed by atoms with Crippen LogP contribution in [0.1, 0.15) is 34.5 Å². The van der Waals surface area contributed by atoms with Gasteiger partial charge in [-0.15, -0.1) is 11.3 Å². The minimum absolute atomic E-state index is 0.0129. The summed E-state index contributed by atoms with van der Waals surface area (Å²) in [6.07, 6.45) is 2.16. The Balaban J connectivity index is 1.79. The van der Waals surface area contributed by atoms with Crippen molar-refractivity contribution in [1.29, 1.82) is 0 Å². The first-order valence-electron chi connectivity index (χ1n) is 6.71. The van der Waals surface area contributed by atoms with Crippen LogP contribution in [0.4, 0.5) is 5.13 Å². The van der Waals surface area contributed by atoms with Crippen LogP contribution in [0, 0.1) is 6.92 Å². The second-order valence-corrected chi connectivity index (χ2v) is 6.11. The summed E-state index contributed by atoms with van der Waals surface area (Å²) in [6.45, 7) is 2.70. The molecule has 1 aliphatic rings. The third-order valence-electron chi connectivity index (χ3n) is 3.46. The van der Waals surface area contributed by atoms with Crippen molar-refractivity contribution in [3.8, 4) is 0 Å². The molecule has 1 aromatic heterocycles. The van der Waals surface area contributed by atoms with Crippen LogP contribution in [0.2, 0.25) is 0 Å². The van der Waals surface area contributed by atoms with Crippen molar-refractivity contribution < 1.29 is 4.79 Å². The van der Waals surface area contributed by atoms with Gasteiger partial charge in [-0.3, -0.25) is 4.79 Å². The van der Waals surface area contributed by atoms with E-state index in [1.54, 1.807) is 5.38 Å². The average molecular weight is 287 g/mol. The smallest absolute Gasteiger partial charge is 0.273 e. The van der Waals surface area contributed by atoms with Crippen molar-refractivity contribution >= 4 is 22.4 Å². The number of aryl methyl sites for hydroxylation is 1. The molecular weight excluding hydrogens is 270 g/mol. The van der Waals surface area contributed by atoms with Crippen molar-refractivity contribution in [2.45, 2.75) is 32.4 Å². The van der Waals surface area contributed by atoms with Crippen LogP contribution >= 0.6 is 11.3 Å². The first kappa shape index (κ1) is 13.1. The summed E-state index contributed by atoms with van der Waals surface area (Å²) in [5.41, 5.74) is 8.46. The number of benzene rings is 1. The van der Waals surface area contributed by atoms with E-state index in [4.69, 9.17) is 5.73 Å². The number of nitrogen functional groups attached to an aromatic ring is 1. The zero-order valence-corrected chi connectivity index (χ0v) is 12.2. The molecule has 5 heteroatoms. The van der Waals surface area contributed by atoms with Crippen molar-refractivity contribution in [1.82, 2.24) is 9.88 Å². The molecule has 0 saturated heterocycles. The second-order valence-electron chi connectivity index (χ2n) is 5.22. The lowest BCUT2D eigenvalue weighted by Crippen LogP contribution is -2.32. The molecule has 104 valence electrons. The van der Waals surface area contributed by atoms with Gasteiger partial charge in [-0.2, -0.15) is 0 Å². The Morgan fingerprint density at radius 1 is 1.40 bits per heavy atom. The van der Waals surface area contributed by atoms with Gasteiger partial charge in [-0.1, -0.05) is 29.8 Å². The first-order chi connectivity index (χ1) is 9.63. The van der Waals surface area contributed by atoms with Crippen LogP contribution in [-0.2, 0) is 6.54 Å². The van der Waals surface area contributed by atoms with E-state index in [0.717, 1.165) is 18.4 Å². The van der Waals surface area contributed by atoms with Gasteiger partial charge in [0.25, 0.3) is 5.91 Å². The predicted octanol–water partition coefficient (Wildman–Crippen LogP) is 2.84. The highest BCUT2D eigenvalue weighted by atomic mass is 32.1. The molecule has 4 nitrogen and oxygen atoms in total. The van der Waals surface area contributed by atoms with E-state index in [-0.39, 0.29) is 5.91 Å². The summed E-state index contributed by atoms with van der Waals surface area (Å²) in [5, 5.41) is 2.18. The topological polar surface area (TPSA) is 59.2 Å². The van der Waals surface area contributed by atoms with Crippen LogP contribution in [0.25, 0.3) is 0 Å². The number of thiazole rings is 1. The quantitative estimate of drug-likeness (QED) is 0.940. The monoisotopic (exact) mass is 287 g/mol. The highest BCUT2D eigenvalue weighted by Gasteiger charge is 2.33. The lowest BCUT2D eigenvalue weighted by Gasteiger charge is -2.21. The number of aromatic nitrogens is 1. The summed E-state index contributed by atoms with van der Waals surface area (Å²) in [6, 6.07) is 8.66. The van der Waals surface area contributed by atoms with Gasteiger partial charge in [0.05, 0.1) is 0 Å². The third kappa shape index (κ3) is 2.82. The van der Waals surface area contributed by atoms with E-state index in [2.05, 4.69) is 36.2 Å². The molecule has 3 rings (SSSR count). The van der Waals surface area contributed by atoms with Gasteiger partial charge >= 0.3 is 0 Å². The summed E-state index contributed by atoms with van der Waals surface area (Å²) in [4.78, 5) is 18.5. The fraction of sp³-hybridized carbons (Fsp3) is 0.333. The van der Waals surface area contributed by atoms with E-state index >= 15 is 0 Å².